The van der Waals surface area contributed by atoms with Crippen molar-refractivity contribution in [3.63, 3.8) is 0 Å². The van der Waals surface area contributed by atoms with E-state index in [0.717, 1.165) is 5.92 Å². The number of hydrogen-bond acceptors (Lipinski definition) is 2. The molecule has 1 unspecified atom stereocenters. The number of nitrogens with zero attached hydrogens (tertiary/aromatic N) is 1. The standard InChI is InChI=1S/C13H26ClNO/c1-3-4-12(2)11-15-8-5-13(6-9-15)16-10-7-14/h12-13H,3-11H2,1-2H3. The minimum absolute atomic E-state index is 0.455. The van der Waals surface area contributed by atoms with Gasteiger partial charge in [0.25, 0.3) is 0 Å². The van der Waals surface area contributed by atoms with Crippen LogP contribution in [0, 0.1) is 5.92 Å². The van der Waals surface area contributed by atoms with E-state index in [9.17, 15) is 0 Å². The number of alkyl halides is 1. The molecule has 0 saturated carbocycles. The quantitative estimate of drug-likeness (QED) is 0.641. The van der Waals surface area contributed by atoms with E-state index in [1.807, 2.05) is 0 Å². The van der Waals surface area contributed by atoms with Gasteiger partial charge in [0.2, 0.25) is 0 Å². The molecule has 0 radical (unpaired) electrons. The van der Waals surface area contributed by atoms with Crippen molar-refractivity contribution in [1.29, 1.82) is 0 Å². The first-order valence-corrected chi connectivity index (χ1v) is 7.19. The lowest BCUT2D eigenvalue weighted by molar-refractivity contribution is 0.0122. The average molecular weight is 248 g/mol. The van der Waals surface area contributed by atoms with E-state index in [4.69, 9.17) is 16.3 Å². The maximum Gasteiger partial charge on any atom is 0.0605 e. The zero-order valence-electron chi connectivity index (χ0n) is 10.8. The molecule has 1 aliphatic heterocycles. The van der Waals surface area contributed by atoms with Crippen LogP contribution in [-0.2, 0) is 4.74 Å². The second kappa shape index (κ2) is 8.32. The largest absolute Gasteiger partial charge is 0.377 e. The summed E-state index contributed by atoms with van der Waals surface area (Å²) >= 11 is 5.62. The highest BCUT2D eigenvalue weighted by Crippen LogP contribution is 2.16. The molecule has 16 heavy (non-hydrogen) atoms. The lowest BCUT2D eigenvalue weighted by Crippen LogP contribution is -2.39. The number of piperidine rings is 1. The van der Waals surface area contributed by atoms with Crippen LogP contribution in [-0.4, -0.2) is 43.1 Å². The molecule has 2 nitrogen and oxygen atoms in total. The third-order valence-corrected chi connectivity index (χ3v) is 3.47. The molecule has 0 bridgehead atoms. The van der Waals surface area contributed by atoms with Gasteiger partial charge >= 0.3 is 0 Å². The van der Waals surface area contributed by atoms with Gasteiger partial charge in [0.15, 0.2) is 0 Å². The summed E-state index contributed by atoms with van der Waals surface area (Å²) in [6, 6.07) is 0. The zero-order chi connectivity index (χ0) is 11.8. The van der Waals surface area contributed by atoms with Crippen molar-refractivity contribution in [3.8, 4) is 0 Å². The van der Waals surface area contributed by atoms with E-state index < -0.39 is 0 Å². The Balaban J connectivity index is 2.11. The summed E-state index contributed by atoms with van der Waals surface area (Å²) in [5.41, 5.74) is 0. The second-order valence-corrected chi connectivity index (χ2v) is 5.33. The van der Waals surface area contributed by atoms with Crippen LogP contribution in [0.5, 0.6) is 0 Å². The monoisotopic (exact) mass is 247 g/mol. The van der Waals surface area contributed by atoms with Crippen molar-refractivity contribution in [2.24, 2.45) is 5.92 Å². The van der Waals surface area contributed by atoms with Gasteiger partial charge in [-0.2, -0.15) is 0 Å². The van der Waals surface area contributed by atoms with Gasteiger partial charge in [-0.15, -0.1) is 11.6 Å². The Bertz CT molecular complexity index is 169. The molecule has 1 saturated heterocycles. The van der Waals surface area contributed by atoms with Crippen molar-refractivity contribution < 1.29 is 4.74 Å². The summed E-state index contributed by atoms with van der Waals surface area (Å²) < 4.78 is 5.67. The first-order valence-electron chi connectivity index (χ1n) is 6.66. The molecule has 1 atom stereocenters. The maximum absolute atomic E-state index is 5.67. The number of ether oxygens (including phenoxy) is 1. The van der Waals surface area contributed by atoms with Crippen molar-refractivity contribution >= 4 is 11.6 Å². The van der Waals surface area contributed by atoms with Crippen LogP contribution < -0.4 is 0 Å². The van der Waals surface area contributed by atoms with Gasteiger partial charge in [-0.25, -0.2) is 0 Å². The van der Waals surface area contributed by atoms with Crippen LogP contribution in [0.15, 0.2) is 0 Å². The molecule has 0 N–H and O–H groups in total. The predicted molar refractivity (Wildman–Crippen MR) is 70.2 cm³/mol. The fraction of sp³-hybridized carbons (Fsp3) is 1.00. The van der Waals surface area contributed by atoms with E-state index in [1.54, 1.807) is 0 Å². The zero-order valence-corrected chi connectivity index (χ0v) is 11.5. The molecular weight excluding hydrogens is 222 g/mol. The van der Waals surface area contributed by atoms with Crippen LogP contribution >= 0.6 is 11.6 Å². The smallest absolute Gasteiger partial charge is 0.0605 e. The molecule has 0 aromatic rings. The molecule has 1 rings (SSSR count). The van der Waals surface area contributed by atoms with Crippen LogP contribution in [0.3, 0.4) is 0 Å². The fourth-order valence-electron chi connectivity index (χ4n) is 2.49. The van der Waals surface area contributed by atoms with E-state index in [0.29, 0.717) is 18.6 Å². The first-order chi connectivity index (χ1) is 7.76. The Morgan fingerprint density at radius 3 is 2.62 bits per heavy atom. The molecule has 0 aromatic heterocycles. The molecule has 1 aliphatic rings. The highest BCUT2D eigenvalue weighted by atomic mass is 35.5. The third-order valence-electron chi connectivity index (χ3n) is 3.32. The highest BCUT2D eigenvalue weighted by Gasteiger charge is 2.20. The Labute approximate surface area is 105 Å². The summed E-state index contributed by atoms with van der Waals surface area (Å²) in [4.78, 5) is 2.58. The number of likely N-dealkylation sites (tertiary alicyclic amines) is 1. The lowest BCUT2D eigenvalue weighted by atomic mass is 10.0. The number of hydrogen-bond donors (Lipinski definition) is 0. The average Bonchev–Trinajstić information content (AvgIpc) is 2.28. The summed E-state index contributed by atoms with van der Waals surface area (Å²) in [7, 11) is 0. The second-order valence-electron chi connectivity index (χ2n) is 4.95. The van der Waals surface area contributed by atoms with Gasteiger partial charge in [0.1, 0.15) is 0 Å². The molecule has 96 valence electrons. The third kappa shape index (κ3) is 5.51. The van der Waals surface area contributed by atoms with Crippen LogP contribution in [0.25, 0.3) is 0 Å². The van der Waals surface area contributed by atoms with Gasteiger partial charge in [-0.3, -0.25) is 0 Å². The Kier molecular flexibility index (Phi) is 7.42. The molecular formula is C13H26ClNO. The van der Waals surface area contributed by atoms with E-state index in [-0.39, 0.29) is 0 Å². The molecule has 3 heteroatoms. The predicted octanol–water partition coefficient (Wildman–Crippen LogP) is 3.14. The van der Waals surface area contributed by atoms with Crippen molar-refractivity contribution in [2.45, 2.75) is 45.6 Å². The van der Waals surface area contributed by atoms with Crippen LogP contribution in [0.4, 0.5) is 0 Å². The topological polar surface area (TPSA) is 12.5 Å². The van der Waals surface area contributed by atoms with Gasteiger partial charge in [-0.05, 0) is 25.2 Å². The first kappa shape index (κ1) is 14.3. The highest BCUT2D eigenvalue weighted by molar-refractivity contribution is 6.17. The van der Waals surface area contributed by atoms with Crippen molar-refractivity contribution in [1.82, 2.24) is 4.90 Å². The summed E-state index contributed by atoms with van der Waals surface area (Å²) in [6.07, 6.45) is 5.46. The summed E-state index contributed by atoms with van der Waals surface area (Å²) in [5.74, 6) is 1.46. The Morgan fingerprint density at radius 2 is 2.06 bits per heavy atom. The van der Waals surface area contributed by atoms with Gasteiger partial charge in [-0.1, -0.05) is 20.3 Å². The Morgan fingerprint density at radius 1 is 1.38 bits per heavy atom. The molecule has 1 heterocycles. The minimum atomic E-state index is 0.455. The Hall–Kier alpha value is 0.210. The van der Waals surface area contributed by atoms with E-state index >= 15 is 0 Å². The lowest BCUT2D eigenvalue weighted by Gasteiger charge is -2.33. The molecule has 0 amide bonds. The van der Waals surface area contributed by atoms with Crippen molar-refractivity contribution in [3.05, 3.63) is 0 Å². The van der Waals surface area contributed by atoms with Gasteiger partial charge in [0, 0.05) is 25.5 Å². The number of rotatable bonds is 7. The molecule has 1 fully saturated rings. The van der Waals surface area contributed by atoms with E-state index in [1.165, 1.54) is 45.3 Å². The molecule has 0 aliphatic carbocycles. The summed E-state index contributed by atoms with van der Waals surface area (Å²) in [6.45, 7) is 8.98. The fourth-order valence-corrected chi connectivity index (χ4v) is 2.58. The molecule has 0 aromatic carbocycles. The number of halogens is 1. The maximum atomic E-state index is 5.67. The SMILES string of the molecule is CCCC(C)CN1CCC(OCCCl)CC1. The normalized spacial score (nSPS) is 21.2. The van der Waals surface area contributed by atoms with Crippen molar-refractivity contribution in [2.75, 3.05) is 32.1 Å². The van der Waals surface area contributed by atoms with Crippen LogP contribution in [0.1, 0.15) is 39.5 Å². The van der Waals surface area contributed by atoms with Gasteiger partial charge in [0.05, 0.1) is 12.7 Å². The minimum Gasteiger partial charge on any atom is -0.377 e. The summed E-state index contributed by atoms with van der Waals surface area (Å²) in [5, 5.41) is 0. The van der Waals surface area contributed by atoms with Gasteiger partial charge < -0.3 is 9.64 Å². The van der Waals surface area contributed by atoms with E-state index in [2.05, 4.69) is 18.7 Å². The van der Waals surface area contributed by atoms with Crippen LogP contribution in [0.2, 0.25) is 0 Å². The molecule has 0 spiro atoms.